The SMILES string of the molecule is CCCNC1(C(N)=O)CCCC(N2CCC(COC)C2)C1. The molecule has 1 amide bonds. The molecule has 0 aromatic carbocycles. The molecule has 1 saturated carbocycles. The van der Waals surface area contributed by atoms with Gasteiger partial charge in [0.25, 0.3) is 0 Å². The Bertz CT molecular complexity index is 350. The number of nitrogens with zero attached hydrogens (tertiary/aromatic N) is 1. The number of rotatable bonds is 7. The third kappa shape index (κ3) is 3.96. The first-order valence-corrected chi connectivity index (χ1v) is 8.39. The van der Waals surface area contributed by atoms with Crippen molar-refractivity contribution in [3.05, 3.63) is 0 Å². The quantitative estimate of drug-likeness (QED) is 0.739. The summed E-state index contributed by atoms with van der Waals surface area (Å²) in [7, 11) is 1.77. The Hall–Kier alpha value is -0.650. The van der Waals surface area contributed by atoms with E-state index in [0.717, 1.165) is 51.9 Å². The normalized spacial score (nSPS) is 34.2. The molecule has 0 bridgehead atoms. The minimum Gasteiger partial charge on any atom is -0.384 e. The fourth-order valence-corrected chi connectivity index (χ4v) is 3.96. The second kappa shape index (κ2) is 7.56. The summed E-state index contributed by atoms with van der Waals surface area (Å²) in [6.07, 6.45) is 6.24. The van der Waals surface area contributed by atoms with Crippen LogP contribution in [0.25, 0.3) is 0 Å². The first kappa shape index (κ1) is 16.7. The van der Waals surface area contributed by atoms with Gasteiger partial charge in [0.2, 0.25) is 5.91 Å². The molecule has 1 heterocycles. The molecule has 2 aliphatic rings. The first-order valence-electron chi connectivity index (χ1n) is 8.39. The number of methoxy groups -OCH3 is 1. The molecular weight excluding hydrogens is 266 g/mol. The van der Waals surface area contributed by atoms with Crippen molar-refractivity contribution in [2.75, 3.05) is 33.4 Å². The molecule has 0 radical (unpaired) electrons. The Labute approximate surface area is 128 Å². The van der Waals surface area contributed by atoms with Gasteiger partial charge in [0, 0.05) is 19.7 Å². The maximum Gasteiger partial charge on any atom is 0.237 e. The topological polar surface area (TPSA) is 67.6 Å². The Morgan fingerprint density at radius 1 is 1.48 bits per heavy atom. The van der Waals surface area contributed by atoms with Crippen LogP contribution < -0.4 is 11.1 Å². The summed E-state index contributed by atoms with van der Waals surface area (Å²) < 4.78 is 5.28. The van der Waals surface area contributed by atoms with E-state index in [1.165, 1.54) is 12.8 Å². The van der Waals surface area contributed by atoms with Gasteiger partial charge in [0.05, 0.1) is 12.1 Å². The highest BCUT2D eigenvalue weighted by Crippen LogP contribution is 2.33. The Balaban J connectivity index is 1.97. The lowest BCUT2D eigenvalue weighted by molar-refractivity contribution is -0.126. The van der Waals surface area contributed by atoms with E-state index >= 15 is 0 Å². The first-order chi connectivity index (χ1) is 10.1. The number of nitrogens with one attached hydrogen (secondary N) is 1. The fraction of sp³-hybridized carbons (Fsp3) is 0.938. The minimum absolute atomic E-state index is 0.173. The Kier molecular flexibility index (Phi) is 6.02. The predicted molar refractivity (Wildman–Crippen MR) is 84.0 cm³/mol. The number of nitrogens with two attached hydrogens (primary N) is 1. The fourth-order valence-electron chi connectivity index (χ4n) is 3.96. The minimum atomic E-state index is -0.488. The van der Waals surface area contributed by atoms with Gasteiger partial charge < -0.3 is 15.8 Å². The smallest absolute Gasteiger partial charge is 0.237 e. The van der Waals surface area contributed by atoms with Crippen LogP contribution in [0.15, 0.2) is 0 Å². The maximum absolute atomic E-state index is 12.0. The van der Waals surface area contributed by atoms with Crippen molar-refractivity contribution in [3.8, 4) is 0 Å². The lowest BCUT2D eigenvalue weighted by Gasteiger charge is -2.42. The number of carbonyl (C=O) groups excluding carboxylic acids is 1. The highest BCUT2D eigenvalue weighted by Gasteiger charge is 2.43. The summed E-state index contributed by atoms with van der Waals surface area (Å²) in [6.45, 7) is 6.06. The van der Waals surface area contributed by atoms with Crippen LogP contribution in [-0.4, -0.2) is 55.7 Å². The number of hydrogen-bond acceptors (Lipinski definition) is 4. The maximum atomic E-state index is 12.0. The highest BCUT2D eigenvalue weighted by atomic mass is 16.5. The van der Waals surface area contributed by atoms with E-state index in [4.69, 9.17) is 10.5 Å². The molecule has 1 aliphatic carbocycles. The summed E-state index contributed by atoms with van der Waals surface area (Å²) in [4.78, 5) is 14.6. The van der Waals surface area contributed by atoms with E-state index in [9.17, 15) is 4.79 Å². The number of amides is 1. The molecule has 1 saturated heterocycles. The molecular formula is C16H31N3O2. The van der Waals surface area contributed by atoms with Crippen molar-refractivity contribution in [1.29, 1.82) is 0 Å². The monoisotopic (exact) mass is 297 g/mol. The van der Waals surface area contributed by atoms with Gasteiger partial charge in [-0.3, -0.25) is 9.69 Å². The van der Waals surface area contributed by atoms with Crippen LogP contribution >= 0.6 is 0 Å². The van der Waals surface area contributed by atoms with E-state index in [1.807, 2.05) is 0 Å². The molecule has 1 aliphatic heterocycles. The molecule has 0 aromatic rings. The summed E-state index contributed by atoms with van der Waals surface area (Å²) >= 11 is 0. The van der Waals surface area contributed by atoms with E-state index in [1.54, 1.807) is 7.11 Å². The van der Waals surface area contributed by atoms with Crippen molar-refractivity contribution >= 4 is 5.91 Å². The van der Waals surface area contributed by atoms with Gasteiger partial charge in [-0.25, -0.2) is 0 Å². The van der Waals surface area contributed by atoms with Crippen molar-refractivity contribution in [2.45, 2.75) is 57.0 Å². The van der Waals surface area contributed by atoms with Crippen LogP contribution in [0.4, 0.5) is 0 Å². The second-order valence-corrected chi connectivity index (χ2v) is 6.73. The van der Waals surface area contributed by atoms with Crippen molar-refractivity contribution in [3.63, 3.8) is 0 Å². The van der Waals surface area contributed by atoms with Gasteiger partial charge in [-0.05, 0) is 57.5 Å². The average Bonchev–Trinajstić information content (AvgIpc) is 2.94. The standard InChI is InChI=1S/C16H31N3O2/c1-3-8-18-16(15(17)20)7-4-5-14(10-16)19-9-6-13(11-19)12-21-2/h13-14,18H,3-12H2,1-2H3,(H2,17,20). The molecule has 122 valence electrons. The Morgan fingerprint density at radius 3 is 2.95 bits per heavy atom. The summed E-state index contributed by atoms with van der Waals surface area (Å²) in [5.74, 6) is 0.469. The van der Waals surface area contributed by atoms with Crippen LogP contribution in [0.5, 0.6) is 0 Å². The number of ether oxygens (including phenoxy) is 1. The largest absolute Gasteiger partial charge is 0.384 e. The van der Waals surface area contributed by atoms with Crippen LogP contribution in [0.1, 0.15) is 45.4 Å². The summed E-state index contributed by atoms with van der Waals surface area (Å²) in [6, 6.07) is 0.484. The van der Waals surface area contributed by atoms with Gasteiger partial charge in [-0.2, -0.15) is 0 Å². The molecule has 3 N–H and O–H groups in total. The van der Waals surface area contributed by atoms with Gasteiger partial charge >= 0.3 is 0 Å². The van der Waals surface area contributed by atoms with E-state index < -0.39 is 5.54 Å². The lowest BCUT2D eigenvalue weighted by atomic mass is 9.77. The molecule has 0 aromatic heterocycles. The second-order valence-electron chi connectivity index (χ2n) is 6.73. The van der Waals surface area contributed by atoms with Gasteiger partial charge in [0.1, 0.15) is 0 Å². The molecule has 2 fully saturated rings. The molecule has 5 heteroatoms. The number of likely N-dealkylation sites (tertiary alicyclic amines) is 1. The third-order valence-electron chi connectivity index (χ3n) is 5.15. The number of hydrogen-bond donors (Lipinski definition) is 2. The van der Waals surface area contributed by atoms with Crippen LogP contribution in [0, 0.1) is 5.92 Å². The van der Waals surface area contributed by atoms with Gasteiger partial charge in [-0.15, -0.1) is 0 Å². The molecule has 21 heavy (non-hydrogen) atoms. The lowest BCUT2D eigenvalue weighted by Crippen LogP contribution is -2.60. The van der Waals surface area contributed by atoms with Gasteiger partial charge in [0.15, 0.2) is 0 Å². The molecule has 3 unspecified atom stereocenters. The zero-order chi connectivity index (χ0) is 15.3. The zero-order valence-electron chi connectivity index (χ0n) is 13.6. The van der Waals surface area contributed by atoms with E-state index in [-0.39, 0.29) is 5.91 Å². The molecule has 2 rings (SSSR count). The number of primary amides is 1. The molecule has 0 spiro atoms. The van der Waals surface area contributed by atoms with Crippen LogP contribution in [0.2, 0.25) is 0 Å². The molecule has 5 nitrogen and oxygen atoms in total. The highest BCUT2D eigenvalue weighted by molar-refractivity contribution is 5.84. The van der Waals surface area contributed by atoms with Crippen molar-refractivity contribution < 1.29 is 9.53 Å². The molecule has 3 atom stereocenters. The summed E-state index contributed by atoms with van der Waals surface area (Å²) in [5, 5.41) is 3.45. The van der Waals surface area contributed by atoms with Crippen LogP contribution in [0.3, 0.4) is 0 Å². The average molecular weight is 297 g/mol. The zero-order valence-corrected chi connectivity index (χ0v) is 13.6. The summed E-state index contributed by atoms with van der Waals surface area (Å²) in [5.41, 5.74) is 5.25. The third-order valence-corrected chi connectivity index (χ3v) is 5.15. The van der Waals surface area contributed by atoms with Crippen LogP contribution in [-0.2, 0) is 9.53 Å². The number of carbonyl (C=O) groups is 1. The predicted octanol–water partition coefficient (Wildman–Crippen LogP) is 1.12. The van der Waals surface area contributed by atoms with E-state index in [2.05, 4.69) is 17.1 Å². The van der Waals surface area contributed by atoms with E-state index in [0.29, 0.717) is 12.0 Å². The van der Waals surface area contributed by atoms with Crippen molar-refractivity contribution in [2.24, 2.45) is 11.7 Å². The Morgan fingerprint density at radius 2 is 2.29 bits per heavy atom. The van der Waals surface area contributed by atoms with Crippen molar-refractivity contribution in [1.82, 2.24) is 10.2 Å². The van der Waals surface area contributed by atoms with Gasteiger partial charge in [-0.1, -0.05) is 6.92 Å².